The third-order valence-electron chi connectivity index (χ3n) is 10.1. The third kappa shape index (κ3) is 20.1. The lowest BCUT2D eigenvalue weighted by atomic mass is 10.1. The van der Waals surface area contributed by atoms with Crippen molar-refractivity contribution in [3.05, 3.63) is 24.3 Å². The summed E-state index contributed by atoms with van der Waals surface area (Å²) in [6.45, 7) is 14.9. The Balaban J connectivity index is 1.91. The minimum absolute atomic E-state index is 0.0417. The second kappa shape index (κ2) is 29.6. The molecular weight excluding hydrogens is 580 g/mol. The molecule has 1 aromatic rings. The van der Waals surface area contributed by atoms with E-state index >= 15 is 0 Å². The number of ether oxygens (including phenoxy) is 3. The number of nitrogens with zero attached hydrogens (tertiary/aromatic N) is 2. The van der Waals surface area contributed by atoms with Crippen molar-refractivity contribution in [3.8, 4) is 11.5 Å². The summed E-state index contributed by atoms with van der Waals surface area (Å²) in [5.41, 5.74) is 0. The Bertz CT molecular complexity index is 756. The molecule has 0 radical (unpaired) electrons. The quantitative estimate of drug-likeness (QED) is 0.0925. The molecule has 0 spiro atoms. The predicted octanol–water partition coefficient (Wildman–Crippen LogP) is 12.2. The van der Waals surface area contributed by atoms with Crippen LogP contribution in [0.3, 0.4) is 0 Å². The van der Waals surface area contributed by atoms with Crippen molar-refractivity contribution in [3.63, 3.8) is 0 Å². The van der Waals surface area contributed by atoms with Crippen LogP contribution < -0.4 is 9.47 Å². The molecule has 47 heavy (non-hydrogen) atoms. The van der Waals surface area contributed by atoms with E-state index in [-0.39, 0.29) is 12.5 Å². The number of para-hydroxylation sites is 2. The molecule has 0 bridgehead atoms. The van der Waals surface area contributed by atoms with Gasteiger partial charge in [-0.2, -0.15) is 0 Å². The predicted molar refractivity (Wildman–Crippen MR) is 203 cm³/mol. The normalized spacial score (nSPS) is 17.8. The Kier molecular flexibility index (Phi) is 26.4. The van der Waals surface area contributed by atoms with Crippen molar-refractivity contribution in [2.45, 2.75) is 194 Å². The van der Waals surface area contributed by atoms with E-state index in [9.17, 15) is 0 Å². The number of hydrogen-bond donors (Lipinski definition) is 0. The fraction of sp³-hybridized carbons (Fsp3) is 0.857. The topological polar surface area (TPSA) is 34.2 Å². The molecule has 274 valence electrons. The Morgan fingerprint density at radius 1 is 0.489 bits per heavy atom. The summed E-state index contributed by atoms with van der Waals surface area (Å²) in [7, 11) is 0. The summed E-state index contributed by atoms with van der Waals surface area (Å²) in [5, 5.41) is 0. The van der Waals surface area contributed by atoms with Crippen molar-refractivity contribution in [1.82, 2.24) is 9.80 Å². The van der Waals surface area contributed by atoms with Gasteiger partial charge in [0.15, 0.2) is 24.0 Å². The number of unbranched alkanes of at least 4 members (excludes halogenated alkanes) is 18. The van der Waals surface area contributed by atoms with Crippen LogP contribution in [-0.2, 0) is 4.74 Å². The summed E-state index contributed by atoms with van der Waals surface area (Å²) in [6.07, 6.45) is 31.4. The van der Waals surface area contributed by atoms with Crippen molar-refractivity contribution in [2.24, 2.45) is 0 Å². The number of fused-ring (bicyclic) bond motifs is 1. The highest BCUT2D eigenvalue weighted by Crippen LogP contribution is 2.31. The van der Waals surface area contributed by atoms with E-state index in [0.717, 1.165) is 76.6 Å². The highest BCUT2D eigenvalue weighted by Gasteiger charge is 2.24. The molecule has 0 saturated heterocycles. The average molecular weight is 659 g/mol. The molecule has 0 aliphatic carbocycles. The zero-order valence-corrected chi connectivity index (χ0v) is 31.8. The van der Waals surface area contributed by atoms with E-state index in [4.69, 9.17) is 14.2 Å². The van der Waals surface area contributed by atoms with E-state index in [1.807, 2.05) is 0 Å². The van der Waals surface area contributed by atoms with Crippen LogP contribution >= 0.6 is 0 Å². The van der Waals surface area contributed by atoms with Crippen LogP contribution in [0.4, 0.5) is 0 Å². The second-order valence-electron chi connectivity index (χ2n) is 14.1. The minimum Gasteiger partial charge on any atom is -0.471 e. The summed E-state index contributed by atoms with van der Waals surface area (Å²) in [5.74, 6) is 1.78. The fourth-order valence-electron chi connectivity index (χ4n) is 7.01. The van der Waals surface area contributed by atoms with E-state index in [1.54, 1.807) is 0 Å². The van der Waals surface area contributed by atoms with E-state index in [1.165, 1.54) is 128 Å². The molecule has 1 aliphatic rings. The lowest BCUT2D eigenvalue weighted by Gasteiger charge is -2.33. The summed E-state index contributed by atoms with van der Waals surface area (Å²) >= 11 is 0. The maximum absolute atomic E-state index is 6.86. The molecule has 2 atom stereocenters. The molecular formula is C42H78N2O3. The number of benzene rings is 1. The van der Waals surface area contributed by atoms with E-state index in [2.05, 4.69) is 61.8 Å². The average Bonchev–Trinajstić information content (AvgIpc) is 3.10. The molecule has 1 aliphatic heterocycles. The molecule has 0 amide bonds. The summed E-state index contributed by atoms with van der Waals surface area (Å²) in [4.78, 5) is 5.09. The molecule has 2 rings (SSSR count). The van der Waals surface area contributed by atoms with Gasteiger partial charge in [-0.1, -0.05) is 155 Å². The Morgan fingerprint density at radius 2 is 0.830 bits per heavy atom. The lowest BCUT2D eigenvalue weighted by Crippen LogP contribution is -2.41. The Hall–Kier alpha value is -1.30. The monoisotopic (exact) mass is 659 g/mol. The summed E-state index contributed by atoms with van der Waals surface area (Å²) in [6, 6.07) is 8.41. The van der Waals surface area contributed by atoms with E-state index < -0.39 is 0 Å². The van der Waals surface area contributed by atoms with Gasteiger partial charge in [0.05, 0.1) is 0 Å². The SMILES string of the molecule is CCCCCCCCCCCCN(CC)C1CCCOCCCC(N(CC)CCCCCCCCCCCC)Oc2ccccc2O1. The van der Waals surface area contributed by atoms with Gasteiger partial charge >= 0.3 is 0 Å². The zero-order valence-electron chi connectivity index (χ0n) is 31.8. The van der Waals surface area contributed by atoms with Gasteiger partial charge < -0.3 is 14.2 Å². The molecule has 0 saturated carbocycles. The van der Waals surface area contributed by atoms with Crippen LogP contribution in [0.2, 0.25) is 0 Å². The van der Waals surface area contributed by atoms with Crippen molar-refractivity contribution >= 4 is 0 Å². The van der Waals surface area contributed by atoms with Gasteiger partial charge in [0, 0.05) is 39.1 Å². The van der Waals surface area contributed by atoms with Gasteiger partial charge in [0.2, 0.25) is 0 Å². The molecule has 1 aromatic carbocycles. The first-order valence-corrected chi connectivity index (χ1v) is 20.7. The van der Waals surface area contributed by atoms with Gasteiger partial charge in [0.25, 0.3) is 0 Å². The first-order valence-electron chi connectivity index (χ1n) is 20.7. The first kappa shape index (κ1) is 41.9. The van der Waals surface area contributed by atoms with Crippen LogP contribution in [-0.4, -0.2) is 61.6 Å². The zero-order chi connectivity index (χ0) is 33.6. The maximum Gasteiger partial charge on any atom is 0.163 e. The van der Waals surface area contributed by atoms with E-state index in [0.29, 0.717) is 0 Å². The molecule has 1 heterocycles. The molecule has 0 fully saturated rings. The third-order valence-corrected chi connectivity index (χ3v) is 10.1. The molecule has 0 aromatic heterocycles. The Labute approximate surface area is 292 Å². The van der Waals surface area contributed by atoms with Crippen molar-refractivity contribution in [1.29, 1.82) is 0 Å². The van der Waals surface area contributed by atoms with Crippen LogP contribution in [0.15, 0.2) is 24.3 Å². The summed E-state index contributed by atoms with van der Waals surface area (Å²) < 4.78 is 19.9. The van der Waals surface area contributed by atoms with Gasteiger partial charge in [-0.25, -0.2) is 0 Å². The standard InChI is InChI=1S/C42H78N2O3/c1-5-9-11-13-15-17-19-21-23-27-35-43(7-3)41-33-29-37-45-38-30-34-42(47-40-32-26-25-31-39(40)46-41)44(8-4)36-28-24-22-20-18-16-14-12-10-6-2/h25-26,31-32,41-42H,5-24,27-30,33-38H2,1-4H3. The van der Waals surface area contributed by atoms with Gasteiger partial charge in [-0.3, -0.25) is 9.80 Å². The highest BCUT2D eigenvalue weighted by molar-refractivity contribution is 5.39. The minimum atomic E-state index is 0.0417. The lowest BCUT2D eigenvalue weighted by molar-refractivity contribution is 0.00123. The van der Waals surface area contributed by atoms with Gasteiger partial charge in [0.1, 0.15) is 0 Å². The smallest absolute Gasteiger partial charge is 0.163 e. The molecule has 0 N–H and O–H groups in total. The number of rotatable bonds is 26. The van der Waals surface area contributed by atoms with Crippen LogP contribution in [0, 0.1) is 0 Å². The van der Waals surface area contributed by atoms with Crippen molar-refractivity contribution in [2.75, 3.05) is 39.4 Å². The fourth-order valence-corrected chi connectivity index (χ4v) is 7.01. The van der Waals surface area contributed by atoms with Crippen LogP contribution in [0.5, 0.6) is 11.5 Å². The second-order valence-corrected chi connectivity index (χ2v) is 14.1. The molecule has 5 nitrogen and oxygen atoms in total. The maximum atomic E-state index is 6.86. The number of hydrogen-bond acceptors (Lipinski definition) is 5. The van der Waals surface area contributed by atoms with Crippen molar-refractivity contribution < 1.29 is 14.2 Å². The largest absolute Gasteiger partial charge is 0.471 e. The van der Waals surface area contributed by atoms with Gasteiger partial charge in [-0.05, 0) is 50.9 Å². The highest BCUT2D eigenvalue weighted by atomic mass is 16.5. The Morgan fingerprint density at radius 3 is 1.17 bits per heavy atom. The van der Waals surface area contributed by atoms with Gasteiger partial charge in [-0.15, -0.1) is 0 Å². The van der Waals surface area contributed by atoms with Crippen LogP contribution in [0.1, 0.15) is 182 Å². The van der Waals surface area contributed by atoms with Crippen LogP contribution in [0.25, 0.3) is 0 Å². The molecule has 2 unspecified atom stereocenters. The molecule has 5 heteroatoms. The first-order chi connectivity index (χ1) is 23.2.